The van der Waals surface area contributed by atoms with Crippen molar-refractivity contribution in [3.63, 3.8) is 0 Å². The second kappa shape index (κ2) is 9.29. The van der Waals surface area contributed by atoms with Gasteiger partial charge in [0.1, 0.15) is 0 Å². The zero-order chi connectivity index (χ0) is 24.6. The highest BCUT2D eigenvalue weighted by molar-refractivity contribution is 7.91. The van der Waals surface area contributed by atoms with Gasteiger partial charge < -0.3 is 19.2 Å². The molecule has 3 aromatic rings. The lowest BCUT2D eigenvalue weighted by atomic mass is 9.89. The first kappa shape index (κ1) is 23.8. The van der Waals surface area contributed by atoms with Crippen molar-refractivity contribution in [3.8, 4) is 0 Å². The SMILES string of the molecule is CCOC(=O)N1CCCC2(OCCO2)C1Cc1c[nH]c2cccc(S(=O)(=O)c3ccc(C)cc3)c12. The number of aryl methyl sites for hydroxylation is 1. The Hall–Kier alpha value is -2.88. The second-order valence-corrected chi connectivity index (χ2v) is 11.0. The molecule has 0 bridgehead atoms. The largest absolute Gasteiger partial charge is 0.450 e. The zero-order valence-corrected chi connectivity index (χ0v) is 20.8. The van der Waals surface area contributed by atoms with Gasteiger partial charge in [0.2, 0.25) is 9.84 Å². The summed E-state index contributed by atoms with van der Waals surface area (Å²) in [5.74, 6) is -0.931. The molecule has 1 spiro atoms. The molecule has 0 aliphatic carbocycles. The van der Waals surface area contributed by atoms with Gasteiger partial charge in [-0.1, -0.05) is 23.8 Å². The van der Waals surface area contributed by atoms with Crippen LogP contribution < -0.4 is 0 Å². The number of piperidine rings is 1. The molecular weight excluding hydrogens is 468 g/mol. The summed E-state index contributed by atoms with van der Waals surface area (Å²) >= 11 is 0. The summed E-state index contributed by atoms with van der Waals surface area (Å²) in [6.07, 6.45) is 3.15. The minimum absolute atomic E-state index is 0.232. The number of amides is 1. The number of hydrogen-bond acceptors (Lipinski definition) is 6. The lowest BCUT2D eigenvalue weighted by molar-refractivity contribution is -0.216. The molecule has 1 amide bonds. The van der Waals surface area contributed by atoms with E-state index in [9.17, 15) is 13.2 Å². The molecule has 2 aromatic carbocycles. The Labute approximate surface area is 205 Å². The quantitative estimate of drug-likeness (QED) is 0.566. The van der Waals surface area contributed by atoms with Gasteiger partial charge >= 0.3 is 6.09 Å². The van der Waals surface area contributed by atoms with Crippen molar-refractivity contribution in [1.82, 2.24) is 9.88 Å². The van der Waals surface area contributed by atoms with E-state index in [0.29, 0.717) is 43.5 Å². The van der Waals surface area contributed by atoms with Gasteiger partial charge in [-0.3, -0.25) is 4.90 Å². The van der Waals surface area contributed by atoms with Crippen molar-refractivity contribution >= 4 is 26.8 Å². The van der Waals surface area contributed by atoms with Gasteiger partial charge in [0.15, 0.2) is 5.79 Å². The number of carbonyl (C=O) groups excluding carboxylic acids is 1. The van der Waals surface area contributed by atoms with Crippen molar-refractivity contribution in [2.75, 3.05) is 26.4 Å². The van der Waals surface area contributed by atoms with Crippen LogP contribution in [0.2, 0.25) is 0 Å². The molecule has 5 rings (SSSR count). The lowest BCUT2D eigenvalue weighted by Gasteiger charge is -2.45. The average Bonchev–Trinajstić information content (AvgIpc) is 3.48. The van der Waals surface area contributed by atoms with Gasteiger partial charge in [-0.05, 0) is 50.1 Å². The molecule has 186 valence electrons. The van der Waals surface area contributed by atoms with Gasteiger partial charge in [-0.2, -0.15) is 0 Å². The van der Waals surface area contributed by atoms with E-state index in [2.05, 4.69) is 4.98 Å². The number of H-pyrrole nitrogens is 1. The van der Waals surface area contributed by atoms with Gasteiger partial charge in [-0.15, -0.1) is 0 Å². The third-order valence-corrected chi connectivity index (χ3v) is 8.68. The van der Waals surface area contributed by atoms with E-state index in [1.807, 2.05) is 19.2 Å². The Morgan fingerprint density at radius 3 is 2.63 bits per heavy atom. The summed E-state index contributed by atoms with van der Waals surface area (Å²) in [5.41, 5.74) is 2.49. The van der Waals surface area contributed by atoms with E-state index in [0.717, 1.165) is 17.5 Å². The Balaban J connectivity index is 1.59. The summed E-state index contributed by atoms with van der Waals surface area (Å²) in [7, 11) is -3.77. The van der Waals surface area contributed by atoms with Crippen LogP contribution in [-0.2, 0) is 30.5 Å². The van der Waals surface area contributed by atoms with Gasteiger partial charge in [0.25, 0.3) is 0 Å². The normalized spacial score (nSPS) is 19.9. The molecule has 35 heavy (non-hydrogen) atoms. The number of benzene rings is 2. The van der Waals surface area contributed by atoms with Gasteiger partial charge in [-0.25, -0.2) is 13.2 Å². The van der Waals surface area contributed by atoms with E-state index in [-0.39, 0.29) is 16.4 Å². The third-order valence-electron chi connectivity index (χ3n) is 6.87. The molecule has 1 aromatic heterocycles. The van der Waals surface area contributed by atoms with Gasteiger partial charge in [0, 0.05) is 36.5 Å². The van der Waals surface area contributed by atoms with Crippen molar-refractivity contribution in [2.45, 2.75) is 54.7 Å². The lowest BCUT2D eigenvalue weighted by Crippen LogP contribution is -2.60. The predicted octanol–water partition coefficient (Wildman–Crippen LogP) is 4.22. The number of nitrogens with zero attached hydrogens (tertiary/aromatic N) is 1. The number of rotatable bonds is 5. The predicted molar refractivity (Wildman–Crippen MR) is 130 cm³/mol. The first-order chi connectivity index (χ1) is 16.9. The first-order valence-electron chi connectivity index (χ1n) is 12.0. The van der Waals surface area contributed by atoms with Crippen molar-refractivity contribution in [2.24, 2.45) is 0 Å². The fraction of sp³-hybridized carbons (Fsp3) is 0.423. The molecule has 9 heteroatoms. The molecule has 1 unspecified atom stereocenters. The van der Waals surface area contributed by atoms with Crippen molar-refractivity contribution < 1.29 is 27.4 Å². The van der Waals surface area contributed by atoms with E-state index < -0.39 is 27.8 Å². The molecule has 1 atom stereocenters. The van der Waals surface area contributed by atoms with E-state index >= 15 is 0 Å². The molecule has 0 radical (unpaired) electrons. The number of aromatic nitrogens is 1. The van der Waals surface area contributed by atoms with Crippen LogP contribution >= 0.6 is 0 Å². The van der Waals surface area contributed by atoms with E-state index in [4.69, 9.17) is 14.2 Å². The first-order valence-corrected chi connectivity index (χ1v) is 13.5. The van der Waals surface area contributed by atoms with Crippen LogP contribution in [0.3, 0.4) is 0 Å². The molecule has 3 heterocycles. The van der Waals surface area contributed by atoms with Crippen LogP contribution in [0.5, 0.6) is 0 Å². The Morgan fingerprint density at radius 2 is 1.91 bits per heavy atom. The van der Waals surface area contributed by atoms with Crippen LogP contribution in [0, 0.1) is 6.92 Å². The number of carbonyl (C=O) groups is 1. The van der Waals surface area contributed by atoms with Crippen LogP contribution in [0.4, 0.5) is 4.79 Å². The average molecular weight is 499 g/mol. The molecule has 1 N–H and O–H groups in total. The Kier molecular flexibility index (Phi) is 6.33. The maximum Gasteiger partial charge on any atom is 0.410 e. The highest BCUT2D eigenvalue weighted by Crippen LogP contribution is 2.40. The minimum atomic E-state index is -3.77. The topological polar surface area (TPSA) is 97.9 Å². The number of likely N-dealkylation sites (tertiary alicyclic amines) is 1. The van der Waals surface area contributed by atoms with Crippen molar-refractivity contribution in [3.05, 3.63) is 59.8 Å². The smallest absolute Gasteiger partial charge is 0.410 e. The Bertz CT molecular complexity index is 1330. The maximum atomic E-state index is 13.7. The maximum absolute atomic E-state index is 13.7. The molecule has 2 aliphatic rings. The fourth-order valence-corrected chi connectivity index (χ4v) is 6.73. The molecule has 8 nitrogen and oxygen atoms in total. The summed E-state index contributed by atoms with van der Waals surface area (Å²) in [6.45, 7) is 5.39. The number of aromatic amines is 1. The number of fused-ring (bicyclic) bond motifs is 1. The van der Waals surface area contributed by atoms with Crippen LogP contribution in [0.25, 0.3) is 10.9 Å². The summed E-state index contributed by atoms with van der Waals surface area (Å²) < 4.78 is 44.8. The fourth-order valence-electron chi connectivity index (χ4n) is 5.21. The summed E-state index contributed by atoms with van der Waals surface area (Å²) in [5, 5.41) is 0.621. The molecule has 2 fully saturated rings. The minimum Gasteiger partial charge on any atom is -0.450 e. The molecular formula is C26H30N2O6S. The van der Waals surface area contributed by atoms with E-state index in [1.165, 1.54) is 0 Å². The van der Waals surface area contributed by atoms with E-state index in [1.54, 1.807) is 48.2 Å². The summed E-state index contributed by atoms with van der Waals surface area (Å²) in [4.78, 5) is 18.2. The third kappa shape index (κ3) is 4.22. The number of ether oxygens (including phenoxy) is 3. The van der Waals surface area contributed by atoms with Crippen molar-refractivity contribution in [1.29, 1.82) is 0 Å². The van der Waals surface area contributed by atoms with Crippen LogP contribution in [0.15, 0.2) is 58.5 Å². The highest BCUT2D eigenvalue weighted by atomic mass is 32.2. The number of sulfone groups is 1. The van der Waals surface area contributed by atoms with Crippen LogP contribution in [0.1, 0.15) is 30.9 Å². The Morgan fingerprint density at radius 1 is 1.17 bits per heavy atom. The monoisotopic (exact) mass is 498 g/mol. The van der Waals surface area contributed by atoms with Gasteiger partial charge in [0.05, 0.1) is 35.7 Å². The second-order valence-electron chi connectivity index (χ2n) is 9.03. The number of nitrogens with one attached hydrogen (secondary N) is 1. The molecule has 0 saturated carbocycles. The standard InChI is InChI=1S/C26H30N2O6S/c1-3-32-25(29)28-13-5-12-26(33-14-15-34-26)23(28)16-19-17-27-21-6-4-7-22(24(19)21)35(30,31)20-10-8-18(2)9-11-20/h4,6-11,17,23,27H,3,5,12-16H2,1-2H3. The highest BCUT2D eigenvalue weighted by Gasteiger charge is 2.51. The van der Waals surface area contributed by atoms with Crippen LogP contribution in [-0.4, -0.2) is 62.6 Å². The summed E-state index contributed by atoms with van der Waals surface area (Å²) in [6, 6.07) is 11.6. The molecule has 2 saturated heterocycles. The molecule has 2 aliphatic heterocycles. The zero-order valence-electron chi connectivity index (χ0n) is 20.0. The number of hydrogen-bond donors (Lipinski definition) is 1.